The molecule has 1 unspecified atom stereocenters. The monoisotopic (exact) mass is 244 g/mol. The summed E-state index contributed by atoms with van der Waals surface area (Å²) in [5, 5.41) is 1.45. The van der Waals surface area contributed by atoms with Crippen LogP contribution in [0.4, 0.5) is 0 Å². The van der Waals surface area contributed by atoms with Crippen molar-refractivity contribution in [3.05, 3.63) is 30.3 Å². The molecule has 0 saturated carbocycles. The van der Waals surface area contributed by atoms with Crippen molar-refractivity contribution in [2.45, 2.75) is 13.8 Å². The molecule has 0 spiro atoms. The molecule has 0 aromatic heterocycles. The van der Waals surface area contributed by atoms with E-state index < -0.39 is 0 Å². The molecule has 1 aromatic rings. The minimum Gasteiger partial charge on any atom is -0.0624 e. The van der Waals surface area contributed by atoms with Crippen molar-refractivity contribution in [2.75, 3.05) is 6.16 Å². The van der Waals surface area contributed by atoms with E-state index in [1.807, 2.05) is 0 Å². The predicted molar refractivity (Wildman–Crippen MR) is 61.6 cm³/mol. The van der Waals surface area contributed by atoms with Crippen LogP contribution in [0.5, 0.6) is 0 Å². The van der Waals surface area contributed by atoms with E-state index in [4.69, 9.17) is 0 Å². The summed E-state index contributed by atoms with van der Waals surface area (Å²) in [6.45, 7) is 4.42. The molecule has 0 aliphatic carbocycles. The summed E-state index contributed by atoms with van der Waals surface area (Å²) in [6.07, 6.45) is 1.26. The summed E-state index contributed by atoms with van der Waals surface area (Å²) in [5.74, 6) is 0.774. The van der Waals surface area contributed by atoms with Crippen LogP contribution in [0.3, 0.4) is 0 Å². The number of benzene rings is 1. The molecule has 2 heteroatoms. The third-order valence-corrected chi connectivity index (χ3v) is 5.57. The second-order valence-corrected chi connectivity index (χ2v) is 7.45. The van der Waals surface area contributed by atoms with Gasteiger partial charge >= 0.3 is 0 Å². The van der Waals surface area contributed by atoms with Gasteiger partial charge in [0.2, 0.25) is 0 Å². The highest BCUT2D eigenvalue weighted by molar-refractivity contribution is 9.40. The topological polar surface area (TPSA) is 0 Å². The van der Waals surface area contributed by atoms with E-state index in [0.717, 1.165) is 5.92 Å². The second kappa shape index (κ2) is 4.99. The van der Waals surface area contributed by atoms with Crippen molar-refractivity contribution in [1.29, 1.82) is 0 Å². The van der Waals surface area contributed by atoms with Gasteiger partial charge in [0.1, 0.15) is 0 Å². The Labute approximate surface area is 83.9 Å². The van der Waals surface area contributed by atoms with Gasteiger partial charge < -0.3 is 0 Å². The highest BCUT2D eigenvalue weighted by Gasteiger charge is 2.07. The molecule has 66 valence electrons. The van der Waals surface area contributed by atoms with Gasteiger partial charge in [0, 0.05) is 0 Å². The molecule has 0 N–H and O–H groups in total. The Hall–Kier alpha value is 0.130. The maximum absolute atomic E-state index is 3.75. The zero-order valence-corrected chi connectivity index (χ0v) is 9.98. The molecule has 0 bridgehead atoms. The van der Waals surface area contributed by atoms with Crippen molar-refractivity contribution in [2.24, 2.45) is 5.92 Å². The standard InChI is InChI=1S/C10H14BrP/c1-9(2)8-12(11)10-6-4-3-5-7-10/h3-7,9H,8H2,1-2H3. The Morgan fingerprint density at radius 1 is 1.25 bits per heavy atom. The average molecular weight is 245 g/mol. The normalized spacial score (nSPS) is 13.3. The van der Waals surface area contributed by atoms with E-state index in [9.17, 15) is 0 Å². The second-order valence-electron chi connectivity index (χ2n) is 3.27. The number of hydrogen-bond acceptors (Lipinski definition) is 0. The first kappa shape index (κ1) is 10.2. The van der Waals surface area contributed by atoms with Crippen molar-refractivity contribution in [1.82, 2.24) is 0 Å². The maximum atomic E-state index is 3.75. The van der Waals surface area contributed by atoms with Gasteiger partial charge in [-0.1, -0.05) is 59.7 Å². The minimum atomic E-state index is -0.103. The van der Waals surface area contributed by atoms with Crippen molar-refractivity contribution < 1.29 is 0 Å². The summed E-state index contributed by atoms with van der Waals surface area (Å²) in [5.41, 5.74) is 0. The molecule has 1 aromatic carbocycles. The predicted octanol–water partition coefficient (Wildman–Crippen LogP) is 3.76. The average Bonchev–Trinajstić information content (AvgIpc) is 2.05. The van der Waals surface area contributed by atoms with Gasteiger partial charge in [0.05, 0.1) is 0 Å². The van der Waals surface area contributed by atoms with Gasteiger partial charge in [-0.2, -0.15) is 0 Å². The van der Waals surface area contributed by atoms with Crippen molar-refractivity contribution in [3.8, 4) is 0 Å². The first-order valence-corrected chi connectivity index (χ1v) is 7.73. The molecule has 0 aliphatic rings. The maximum Gasteiger partial charge on any atom is -0.00426 e. The van der Waals surface area contributed by atoms with Crippen molar-refractivity contribution in [3.63, 3.8) is 0 Å². The first-order valence-electron chi connectivity index (χ1n) is 4.18. The first-order chi connectivity index (χ1) is 5.70. The van der Waals surface area contributed by atoms with E-state index in [1.165, 1.54) is 11.5 Å². The zero-order valence-electron chi connectivity index (χ0n) is 7.50. The Bertz CT molecular complexity index is 221. The largest absolute Gasteiger partial charge is 0.0624 e. The molecule has 0 aliphatic heterocycles. The summed E-state index contributed by atoms with van der Waals surface area (Å²) in [6, 6.07) is 10.7. The summed E-state index contributed by atoms with van der Waals surface area (Å²) < 4.78 is 0. The summed E-state index contributed by atoms with van der Waals surface area (Å²) in [7, 11) is 0. The molecule has 0 heterocycles. The Balaban J connectivity index is 2.59. The minimum absolute atomic E-state index is 0.103. The lowest BCUT2D eigenvalue weighted by molar-refractivity contribution is 0.748. The van der Waals surface area contributed by atoms with Gasteiger partial charge in [-0.3, -0.25) is 0 Å². The van der Waals surface area contributed by atoms with Crippen LogP contribution in [-0.4, -0.2) is 6.16 Å². The van der Waals surface area contributed by atoms with Gasteiger partial charge in [-0.15, -0.1) is 0 Å². The van der Waals surface area contributed by atoms with Gasteiger partial charge in [-0.05, 0) is 24.0 Å². The van der Waals surface area contributed by atoms with Crippen LogP contribution < -0.4 is 5.30 Å². The fourth-order valence-corrected chi connectivity index (χ4v) is 4.81. The van der Waals surface area contributed by atoms with Crippen LogP contribution in [0.1, 0.15) is 13.8 Å². The lowest BCUT2D eigenvalue weighted by Crippen LogP contribution is -2.01. The molecule has 0 radical (unpaired) electrons. The highest BCUT2D eigenvalue weighted by Crippen LogP contribution is 2.44. The fourth-order valence-electron chi connectivity index (χ4n) is 1.02. The van der Waals surface area contributed by atoms with E-state index >= 15 is 0 Å². The molecular formula is C10H14BrP. The van der Waals surface area contributed by atoms with Gasteiger partial charge in [-0.25, -0.2) is 0 Å². The lowest BCUT2D eigenvalue weighted by Gasteiger charge is -2.12. The molecule has 0 nitrogen and oxygen atoms in total. The van der Waals surface area contributed by atoms with Crippen molar-refractivity contribution >= 4 is 27.4 Å². The zero-order chi connectivity index (χ0) is 8.97. The number of rotatable bonds is 3. The Morgan fingerprint density at radius 3 is 2.33 bits per heavy atom. The number of hydrogen-bond donors (Lipinski definition) is 0. The molecule has 0 amide bonds. The Kier molecular flexibility index (Phi) is 4.25. The third-order valence-electron chi connectivity index (χ3n) is 1.56. The summed E-state index contributed by atoms with van der Waals surface area (Å²) in [4.78, 5) is 0. The molecule has 1 rings (SSSR count). The molecule has 1 atom stereocenters. The van der Waals surface area contributed by atoms with Crippen LogP contribution in [0.2, 0.25) is 0 Å². The Morgan fingerprint density at radius 2 is 1.83 bits per heavy atom. The molecule has 0 fully saturated rings. The SMILES string of the molecule is CC(C)CP(Br)c1ccccc1. The van der Waals surface area contributed by atoms with Crippen LogP contribution in [-0.2, 0) is 0 Å². The smallest absolute Gasteiger partial charge is 0.00426 e. The third kappa shape index (κ3) is 3.25. The highest BCUT2D eigenvalue weighted by atomic mass is 79.9. The van der Waals surface area contributed by atoms with Crippen LogP contribution in [0.25, 0.3) is 0 Å². The van der Waals surface area contributed by atoms with E-state index in [-0.39, 0.29) is 6.62 Å². The van der Waals surface area contributed by atoms with Crippen LogP contribution in [0.15, 0.2) is 30.3 Å². The molecule has 12 heavy (non-hydrogen) atoms. The summed E-state index contributed by atoms with van der Waals surface area (Å²) >= 11 is 3.75. The fraction of sp³-hybridized carbons (Fsp3) is 0.400. The molecule has 0 saturated heterocycles. The van der Waals surface area contributed by atoms with Gasteiger partial charge in [0.25, 0.3) is 0 Å². The van der Waals surface area contributed by atoms with Gasteiger partial charge in [0.15, 0.2) is 0 Å². The van der Waals surface area contributed by atoms with E-state index in [2.05, 4.69) is 59.7 Å². The van der Waals surface area contributed by atoms with E-state index in [1.54, 1.807) is 0 Å². The van der Waals surface area contributed by atoms with Crippen LogP contribution in [0, 0.1) is 5.92 Å². The molecular weight excluding hydrogens is 231 g/mol. The number of halogens is 1. The lowest BCUT2D eigenvalue weighted by atomic mass is 10.3. The quantitative estimate of drug-likeness (QED) is 0.711. The van der Waals surface area contributed by atoms with Crippen LogP contribution >= 0.6 is 22.1 Å². The van der Waals surface area contributed by atoms with E-state index in [0.29, 0.717) is 0 Å².